The minimum atomic E-state index is -0.0912. The molecule has 1 fully saturated rings. The fourth-order valence-corrected chi connectivity index (χ4v) is 1.60. The molecule has 1 aliphatic rings. The molecule has 0 radical (unpaired) electrons. The van der Waals surface area contributed by atoms with E-state index in [4.69, 9.17) is 9.84 Å². The second kappa shape index (κ2) is 5.98. The van der Waals surface area contributed by atoms with Crippen LogP contribution in [0.4, 0.5) is 0 Å². The predicted octanol–water partition coefficient (Wildman–Crippen LogP) is 0.254. The van der Waals surface area contributed by atoms with Gasteiger partial charge in [0.1, 0.15) is 0 Å². The standard InChI is InChI=1S/C10H19NO3/c1-11-5-3-9(4-6-11)10(13)14-8-2-7-12/h9,12H,2-8H2,1H3. The zero-order valence-electron chi connectivity index (χ0n) is 8.74. The van der Waals surface area contributed by atoms with Crippen molar-refractivity contribution in [1.29, 1.82) is 0 Å². The Hall–Kier alpha value is -0.610. The van der Waals surface area contributed by atoms with Crippen molar-refractivity contribution < 1.29 is 14.6 Å². The molecule has 14 heavy (non-hydrogen) atoms. The number of piperidine rings is 1. The summed E-state index contributed by atoms with van der Waals surface area (Å²) in [6.45, 7) is 2.38. The molecule has 1 rings (SSSR count). The number of hydrogen-bond donors (Lipinski definition) is 1. The van der Waals surface area contributed by atoms with Gasteiger partial charge in [0.15, 0.2) is 0 Å². The lowest BCUT2D eigenvalue weighted by atomic mass is 9.97. The number of aliphatic hydroxyl groups is 1. The summed E-state index contributed by atoms with van der Waals surface area (Å²) in [4.78, 5) is 13.7. The number of carbonyl (C=O) groups is 1. The van der Waals surface area contributed by atoms with Gasteiger partial charge in [0.25, 0.3) is 0 Å². The molecule has 4 nitrogen and oxygen atoms in total. The molecule has 0 aromatic heterocycles. The van der Waals surface area contributed by atoms with E-state index in [1.54, 1.807) is 0 Å². The number of likely N-dealkylation sites (tertiary alicyclic amines) is 1. The lowest BCUT2D eigenvalue weighted by Crippen LogP contribution is -2.34. The van der Waals surface area contributed by atoms with E-state index in [2.05, 4.69) is 11.9 Å². The Labute approximate surface area is 84.8 Å². The molecule has 0 spiro atoms. The average molecular weight is 201 g/mol. The molecule has 0 unspecified atom stereocenters. The highest BCUT2D eigenvalue weighted by molar-refractivity contribution is 5.72. The van der Waals surface area contributed by atoms with Crippen molar-refractivity contribution in [2.24, 2.45) is 5.92 Å². The summed E-state index contributed by atoms with van der Waals surface area (Å²) in [5.41, 5.74) is 0. The van der Waals surface area contributed by atoms with E-state index < -0.39 is 0 Å². The highest BCUT2D eigenvalue weighted by atomic mass is 16.5. The number of esters is 1. The largest absolute Gasteiger partial charge is 0.465 e. The molecule has 4 heteroatoms. The molecular formula is C10H19NO3. The van der Waals surface area contributed by atoms with Crippen molar-refractivity contribution in [3.05, 3.63) is 0 Å². The molecule has 1 heterocycles. The van der Waals surface area contributed by atoms with Crippen molar-refractivity contribution in [1.82, 2.24) is 4.90 Å². The minimum Gasteiger partial charge on any atom is -0.465 e. The summed E-state index contributed by atoms with van der Waals surface area (Å²) in [6.07, 6.45) is 2.33. The van der Waals surface area contributed by atoms with Gasteiger partial charge in [0.05, 0.1) is 12.5 Å². The first-order chi connectivity index (χ1) is 6.74. The van der Waals surface area contributed by atoms with Gasteiger partial charge in [-0.1, -0.05) is 0 Å². The Morgan fingerprint density at radius 1 is 1.50 bits per heavy atom. The van der Waals surface area contributed by atoms with Crippen molar-refractivity contribution in [2.45, 2.75) is 19.3 Å². The summed E-state index contributed by atoms with van der Waals surface area (Å²) in [7, 11) is 2.06. The van der Waals surface area contributed by atoms with Crippen LogP contribution in [0.15, 0.2) is 0 Å². The van der Waals surface area contributed by atoms with Gasteiger partial charge in [-0.2, -0.15) is 0 Å². The third kappa shape index (κ3) is 3.64. The van der Waals surface area contributed by atoms with E-state index in [1.165, 1.54) is 0 Å². The van der Waals surface area contributed by atoms with Crippen LogP contribution < -0.4 is 0 Å². The smallest absolute Gasteiger partial charge is 0.309 e. The molecule has 82 valence electrons. The van der Waals surface area contributed by atoms with Gasteiger partial charge in [-0.05, 0) is 33.0 Å². The molecule has 0 bridgehead atoms. The zero-order valence-corrected chi connectivity index (χ0v) is 8.74. The molecule has 0 atom stereocenters. The second-order valence-electron chi connectivity index (χ2n) is 3.82. The Morgan fingerprint density at radius 3 is 2.71 bits per heavy atom. The van der Waals surface area contributed by atoms with Crippen molar-refractivity contribution >= 4 is 5.97 Å². The van der Waals surface area contributed by atoms with E-state index in [9.17, 15) is 4.79 Å². The number of ether oxygens (including phenoxy) is 1. The quantitative estimate of drug-likeness (QED) is 0.523. The van der Waals surface area contributed by atoms with Gasteiger partial charge >= 0.3 is 5.97 Å². The number of nitrogens with zero attached hydrogens (tertiary/aromatic N) is 1. The first-order valence-electron chi connectivity index (χ1n) is 5.20. The summed E-state index contributed by atoms with van der Waals surface area (Å²) in [6, 6.07) is 0. The zero-order chi connectivity index (χ0) is 10.4. The second-order valence-corrected chi connectivity index (χ2v) is 3.82. The fraction of sp³-hybridized carbons (Fsp3) is 0.900. The van der Waals surface area contributed by atoms with Gasteiger partial charge < -0.3 is 14.7 Å². The first-order valence-corrected chi connectivity index (χ1v) is 5.20. The molecule has 0 aliphatic carbocycles. The molecule has 0 aromatic carbocycles. The lowest BCUT2D eigenvalue weighted by Gasteiger charge is -2.27. The molecule has 1 aliphatic heterocycles. The van der Waals surface area contributed by atoms with Crippen LogP contribution in [0.3, 0.4) is 0 Å². The Balaban J connectivity index is 2.17. The number of hydrogen-bond acceptors (Lipinski definition) is 4. The highest BCUT2D eigenvalue weighted by Gasteiger charge is 2.24. The minimum absolute atomic E-state index is 0.0740. The summed E-state index contributed by atoms with van der Waals surface area (Å²) >= 11 is 0. The van der Waals surface area contributed by atoms with Gasteiger partial charge in [0.2, 0.25) is 0 Å². The normalized spacial score (nSPS) is 19.6. The van der Waals surface area contributed by atoms with Crippen LogP contribution >= 0.6 is 0 Å². The summed E-state index contributed by atoms with van der Waals surface area (Å²) in [5.74, 6) is -0.0172. The van der Waals surface area contributed by atoms with Crippen LogP contribution in [-0.2, 0) is 9.53 Å². The van der Waals surface area contributed by atoms with E-state index >= 15 is 0 Å². The molecule has 0 aromatic rings. The first kappa shape index (κ1) is 11.5. The number of carbonyl (C=O) groups excluding carboxylic acids is 1. The molecule has 0 saturated carbocycles. The maximum atomic E-state index is 11.5. The topological polar surface area (TPSA) is 49.8 Å². The molecule has 1 N–H and O–H groups in total. The van der Waals surface area contributed by atoms with E-state index in [0.29, 0.717) is 13.0 Å². The van der Waals surface area contributed by atoms with E-state index in [0.717, 1.165) is 25.9 Å². The average Bonchev–Trinajstić information content (AvgIpc) is 2.19. The van der Waals surface area contributed by atoms with Crippen molar-refractivity contribution in [3.8, 4) is 0 Å². The Morgan fingerprint density at radius 2 is 2.14 bits per heavy atom. The molecule has 0 amide bonds. The van der Waals surface area contributed by atoms with Crippen LogP contribution in [0, 0.1) is 5.92 Å². The third-order valence-electron chi connectivity index (χ3n) is 2.60. The van der Waals surface area contributed by atoms with Gasteiger partial charge in [-0.15, -0.1) is 0 Å². The predicted molar refractivity (Wildman–Crippen MR) is 52.9 cm³/mol. The maximum Gasteiger partial charge on any atom is 0.309 e. The molecular weight excluding hydrogens is 182 g/mol. The van der Waals surface area contributed by atoms with Crippen LogP contribution in [0.25, 0.3) is 0 Å². The van der Waals surface area contributed by atoms with E-state index in [1.807, 2.05) is 0 Å². The Kier molecular flexibility index (Phi) is 4.90. The van der Waals surface area contributed by atoms with Crippen LogP contribution in [0.5, 0.6) is 0 Å². The monoisotopic (exact) mass is 201 g/mol. The summed E-state index contributed by atoms with van der Waals surface area (Å²) < 4.78 is 5.04. The van der Waals surface area contributed by atoms with Crippen molar-refractivity contribution in [3.63, 3.8) is 0 Å². The third-order valence-corrected chi connectivity index (χ3v) is 2.60. The van der Waals surface area contributed by atoms with Gasteiger partial charge in [-0.3, -0.25) is 4.79 Å². The lowest BCUT2D eigenvalue weighted by molar-refractivity contribution is -0.150. The van der Waals surface area contributed by atoms with Gasteiger partial charge in [-0.25, -0.2) is 0 Å². The fourth-order valence-electron chi connectivity index (χ4n) is 1.60. The van der Waals surface area contributed by atoms with Crippen LogP contribution in [0.1, 0.15) is 19.3 Å². The Bertz CT molecular complexity index is 176. The number of aliphatic hydroxyl groups excluding tert-OH is 1. The van der Waals surface area contributed by atoms with E-state index in [-0.39, 0.29) is 18.5 Å². The maximum absolute atomic E-state index is 11.5. The van der Waals surface area contributed by atoms with Crippen LogP contribution in [-0.4, -0.2) is 49.3 Å². The van der Waals surface area contributed by atoms with Crippen LogP contribution in [0.2, 0.25) is 0 Å². The van der Waals surface area contributed by atoms with Gasteiger partial charge in [0, 0.05) is 13.0 Å². The highest BCUT2D eigenvalue weighted by Crippen LogP contribution is 2.17. The SMILES string of the molecule is CN1CCC(C(=O)OCCCO)CC1. The van der Waals surface area contributed by atoms with Crippen molar-refractivity contribution in [2.75, 3.05) is 33.4 Å². The molecule has 1 saturated heterocycles. The summed E-state index contributed by atoms with van der Waals surface area (Å²) in [5, 5.41) is 8.53. The number of rotatable bonds is 4.